The number of aryl methyl sites for hydroxylation is 1. The molecule has 2 heteroatoms. The molecule has 0 amide bonds. The molecule has 2 aromatic rings. The molecule has 0 saturated heterocycles. The summed E-state index contributed by atoms with van der Waals surface area (Å²) in [6.45, 7) is 9.44. The summed E-state index contributed by atoms with van der Waals surface area (Å²) in [5.74, 6) is 0. The lowest BCUT2D eigenvalue weighted by Crippen LogP contribution is -2.15. The summed E-state index contributed by atoms with van der Waals surface area (Å²) in [7, 11) is -1.10. The second-order valence-corrected chi connectivity index (χ2v) is 12.1. The Balaban J connectivity index is 2.25. The van der Waals surface area contributed by atoms with Gasteiger partial charge < -0.3 is 4.98 Å². The van der Waals surface area contributed by atoms with E-state index in [1.165, 1.54) is 47.8 Å². The zero-order valence-electron chi connectivity index (χ0n) is 14.0. The van der Waals surface area contributed by atoms with Crippen molar-refractivity contribution in [3.8, 4) is 0 Å². The summed E-state index contributed by atoms with van der Waals surface area (Å²) in [5.41, 5.74) is 6.71. The van der Waals surface area contributed by atoms with Gasteiger partial charge in [0, 0.05) is 16.6 Å². The van der Waals surface area contributed by atoms with E-state index in [2.05, 4.69) is 67.6 Å². The number of fused-ring (bicyclic) bond motifs is 1. The molecule has 0 atom stereocenters. The molecule has 0 bridgehead atoms. The van der Waals surface area contributed by atoms with E-state index in [4.69, 9.17) is 0 Å². The molecule has 0 saturated carbocycles. The Morgan fingerprint density at radius 3 is 2.57 bits per heavy atom. The van der Waals surface area contributed by atoms with Gasteiger partial charge in [0.1, 0.15) is 0 Å². The second-order valence-electron chi connectivity index (χ2n) is 7.06. The number of unbranched alkanes of at least 4 members (excludes halogenated alkanes) is 2. The molecule has 114 valence electrons. The van der Waals surface area contributed by atoms with Crippen LogP contribution in [0.4, 0.5) is 0 Å². The van der Waals surface area contributed by atoms with E-state index < -0.39 is 8.07 Å². The van der Waals surface area contributed by atoms with Crippen LogP contribution in [0.25, 0.3) is 10.9 Å². The van der Waals surface area contributed by atoms with Gasteiger partial charge in [-0.1, -0.05) is 69.4 Å². The zero-order chi connectivity index (χ0) is 15.3. The molecular formula is C19H29NSi. The standard InChI is InChI=1S/C19H29NSi/c1-5-6-7-13-18-17(12-10-15-21(2,3)4)16-11-8-9-14-19(16)20-18/h8-11,14-15,20H,5-7,12-13H2,1-4H3/b15-10+. The van der Waals surface area contributed by atoms with Gasteiger partial charge in [0.25, 0.3) is 0 Å². The van der Waals surface area contributed by atoms with Crippen molar-refractivity contribution in [3.63, 3.8) is 0 Å². The molecule has 1 aromatic heterocycles. The summed E-state index contributed by atoms with van der Waals surface area (Å²) in [4.78, 5) is 3.65. The predicted octanol–water partition coefficient (Wildman–Crippen LogP) is 5.88. The third kappa shape index (κ3) is 4.60. The molecule has 0 unspecified atom stereocenters. The Morgan fingerprint density at radius 2 is 1.86 bits per heavy atom. The smallest absolute Gasteiger partial charge is 0.0683 e. The van der Waals surface area contributed by atoms with Gasteiger partial charge in [0.05, 0.1) is 8.07 Å². The summed E-state index contributed by atoms with van der Waals surface area (Å²) in [5, 5.41) is 1.41. The van der Waals surface area contributed by atoms with Crippen LogP contribution in [0.2, 0.25) is 19.6 Å². The number of aromatic nitrogens is 1. The van der Waals surface area contributed by atoms with Gasteiger partial charge in [-0.3, -0.25) is 0 Å². The fourth-order valence-electron chi connectivity index (χ4n) is 2.78. The van der Waals surface area contributed by atoms with Crippen molar-refractivity contribution in [1.82, 2.24) is 4.98 Å². The van der Waals surface area contributed by atoms with E-state index in [-0.39, 0.29) is 0 Å². The molecule has 21 heavy (non-hydrogen) atoms. The van der Waals surface area contributed by atoms with Crippen molar-refractivity contribution in [2.75, 3.05) is 0 Å². The molecule has 1 aromatic carbocycles. The number of hydrogen-bond donors (Lipinski definition) is 1. The first-order valence-corrected chi connectivity index (χ1v) is 11.8. The molecule has 0 aliphatic carbocycles. The van der Waals surface area contributed by atoms with Crippen LogP contribution in [0.3, 0.4) is 0 Å². The van der Waals surface area contributed by atoms with Crippen LogP contribution in [0.1, 0.15) is 37.4 Å². The SMILES string of the molecule is CCCCCc1[nH]c2ccccc2c1C/C=C/[Si](C)(C)C. The van der Waals surface area contributed by atoms with Crippen molar-refractivity contribution in [1.29, 1.82) is 0 Å². The first kappa shape index (κ1) is 16.1. The minimum absolute atomic E-state index is 1.07. The molecular weight excluding hydrogens is 270 g/mol. The monoisotopic (exact) mass is 299 g/mol. The average molecular weight is 300 g/mol. The molecule has 0 radical (unpaired) electrons. The Bertz CT molecular complexity index is 602. The fourth-order valence-corrected chi connectivity index (χ4v) is 3.61. The van der Waals surface area contributed by atoms with Gasteiger partial charge in [-0.15, -0.1) is 0 Å². The van der Waals surface area contributed by atoms with E-state index in [1.807, 2.05) is 0 Å². The summed E-state index contributed by atoms with van der Waals surface area (Å²) >= 11 is 0. The minimum atomic E-state index is -1.10. The maximum atomic E-state index is 3.65. The Labute approximate surface area is 130 Å². The van der Waals surface area contributed by atoms with E-state index in [0.717, 1.165) is 6.42 Å². The highest BCUT2D eigenvalue weighted by atomic mass is 28.3. The lowest BCUT2D eigenvalue weighted by Gasteiger charge is -2.08. The van der Waals surface area contributed by atoms with Gasteiger partial charge in [0.2, 0.25) is 0 Å². The van der Waals surface area contributed by atoms with Crippen molar-refractivity contribution in [3.05, 3.63) is 47.3 Å². The number of allylic oxidation sites excluding steroid dienone is 1. The number of hydrogen-bond acceptors (Lipinski definition) is 0. The molecule has 2 rings (SSSR count). The zero-order valence-corrected chi connectivity index (χ0v) is 15.0. The van der Waals surface area contributed by atoms with Gasteiger partial charge in [0.15, 0.2) is 0 Å². The van der Waals surface area contributed by atoms with Crippen molar-refractivity contribution >= 4 is 19.0 Å². The molecule has 0 spiro atoms. The number of aromatic amines is 1. The summed E-state index contributed by atoms with van der Waals surface area (Å²) in [6.07, 6.45) is 8.53. The van der Waals surface area contributed by atoms with E-state index in [0.29, 0.717) is 0 Å². The van der Waals surface area contributed by atoms with Gasteiger partial charge in [-0.05, 0) is 30.9 Å². The van der Waals surface area contributed by atoms with Gasteiger partial charge >= 0.3 is 0 Å². The quantitative estimate of drug-likeness (QED) is 0.485. The van der Waals surface area contributed by atoms with E-state index in [9.17, 15) is 0 Å². The fraction of sp³-hybridized carbons (Fsp3) is 0.474. The van der Waals surface area contributed by atoms with Crippen LogP contribution in [0.15, 0.2) is 36.0 Å². The van der Waals surface area contributed by atoms with Crippen LogP contribution in [-0.2, 0) is 12.8 Å². The number of H-pyrrole nitrogens is 1. The molecule has 0 aliphatic heterocycles. The third-order valence-electron chi connectivity index (χ3n) is 3.87. The minimum Gasteiger partial charge on any atom is -0.358 e. The van der Waals surface area contributed by atoms with Crippen LogP contribution >= 0.6 is 0 Å². The van der Waals surface area contributed by atoms with Gasteiger partial charge in [-0.2, -0.15) is 0 Å². The highest BCUT2D eigenvalue weighted by Gasteiger charge is 2.11. The third-order valence-corrected chi connectivity index (χ3v) is 5.11. The second kappa shape index (κ2) is 7.12. The number of rotatable bonds is 7. The largest absolute Gasteiger partial charge is 0.358 e. The van der Waals surface area contributed by atoms with Crippen LogP contribution in [-0.4, -0.2) is 13.1 Å². The van der Waals surface area contributed by atoms with Crippen LogP contribution in [0.5, 0.6) is 0 Å². The van der Waals surface area contributed by atoms with Crippen molar-refractivity contribution in [2.24, 2.45) is 0 Å². The normalized spacial score (nSPS) is 12.6. The average Bonchev–Trinajstić information content (AvgIpc) is 2.76. The maximum Gasteiger partial charge on any atom is 0.0683 e. The Morgan fingerprint density at radius 1 is 1.10 bits per heavy atom. The molecule has 1 heterocycles. The molecule has 1 nitrogen and oxygen atoms in total. The van der Waals surface area contributed by atoms with E-state index in [1.54, 1.807) is 0 Å². The first-order valence-electron chi connectivity index (χ1n) is 8.27. The maximum absolute atomic E-state index is 3.65. The first-order chi connectivity index (χ1) is 10.0. The number of benzene rings is 1. The highest BCUT2D eigenvalue weighted by molar-refractivity contribution is 6.80. The Kier molecular flexibility index (Phi) is 5.46. The van der Waals surface area contributed by atoms with Crippen molar-refractivity contribution < 1.29 is 0 Å². The van der Waals surface area contributed by atoms with Crippen LogP contribution in [0, 0.1) is 0 Å². The van der Waals surface area contributed by atoms with Crippen LogP contribution < -0.4 is 0 Å². The Hall–Kier alpha value is -1.28. The lowest BCUT2D eigenvalue weighted by atomic mass is 10.0. The van der Waals surface area contributed by atoms with Crippen molar-refractivity contribution in [2.45, 2.75) is 58.7 Å². The van der Waals surface area contributed by atoms with Gasteiger partial charge in [-0.25, -0.2) is 0 Å². The summed E-state index contributed by atoms with van der Waals surface area (Å²) in [6, 6.07) is 8.73. The highest BCUT2D eigenvalue weighted by Crippen LogP contribution is 2.25. The molecule has 1 N–H and O–H groups in total. The number of para-hydroxylation sites is 1. The lowest BCUT2D eigenvalue weighted by molar-refractivity contribution is 0.707. The predicted molar refractivity (Wildman–Crippen MR) is 97.7 cm³/mol. The van der Waals surface area contributed by atoms with E-state index >= 15 is 0 Å². The summed E-state index contributed by atoms with van der Waals surface area (Å²) < 4.78 is 0. The molecule has 0 aliphatic rings. The molecule has 0 fully saturated rings. The topological polar surface area (TPSA) is 15.8 Å². The number of nitrogens with one attached hydrogen (secondary N) is 1.